The summed E-state index contributed by atoms with van der Waals surface area (Å²) >= 11 is 0. The number of aryl methyl sites for hydroxylation is 1. The van der Waals surface area contributed by atoms with Crippen LogP contribution in [0, 0.1) is 5.41 Å². The lowest BCUT2D eigenvalue weighted by molar-refractivity contribution is 0.311. The number of nitrogens with one attached hydrogen (secondary N) is 3. The summed E-state index contributed by atoms with van der Waals surface area (Å²) in [4.78, 5) is 14.2. The molecule has 0 radical (unpaired) electrons. The fraction of sp³-hybridized carbons (Fsp3) is 0.394. The maximum absolute atomic E-state index is 14.0. The van der Waals surface area contributed by atoms with Crippen molar-refractivity contribution in [3.63, 3.8) is 0 Å². The van der Waals surface area contributed by atoms with Crippen LogP contribution in [0.15, 0.2) is 71.8 Å². The smallest absolute Gasteiger partial charge is 0.197 e. The van der Waals surface area contributed by atoms with Gasteiger partial charge in [-0.05, 0) is 93.9 Å². The molecule has 0 heterocycles. The minimum absolute atomic E-state index is 0.289. The van der Waals surface area contributed by atoms with Crippen LogP contribution in [0.2, 0.25) is 0 Å². The molecule has 0 aliphatic carbocycles. The van der Waals surface area contributed by atoms with Crippen molar-refractivity contribution in [1.29, 1.82) is 5.41 Å². The standard InChI is InChI=1S/C33H46FN4O4P/c1-8-13-31(38-32(39)22-30(35)33(4,5)34)37-26-16-12-14-24(19-26)18-23(3)27-20-25(15-10-11-17-43(7,40)41)29(42-6)21-28(27)36-9-2/h9,12-14,16,19-22,35,37-39H,3,8,10-11,15,17-18H2,1-2,4-7H3,(H,40,41)/b31-13-,32-22-,35-30?,36-9-. The number of unbranched alkanes of at least 4 members (excludes halogenated alkanes) is 1. The molecule has 0 amide bonds. The van der Waals surface area contributed by atoms with Gasteiger partial charge in [-0.2, -0.15) is 0 Å². The highest BCUT2D eigenvalue weighted by atomic mass is 31.2. The summed E-state index contributed by atoms with van der Waals surface area (Å²) in [6.45, 7) is 12.1. The van der Waals surface area contributed by atoms with Gasteiger partial charge in [-0.3, -0.25) is 9.56 Å². The minimum atomic E-state index is -3.04. The summed E-state index contributed by atoms with van der Waals surface area (Å²) in [5, 5.41) is 24.2. The summed E-state index contributed by atoms with van der Waals surface area (Å²) in [7, 11) is -1.42. The maximum atomic E-state index is 14.0. The molecule has 0 aliphatic heterocycles. The second-order valence-corrected chi connectivity index (χ2v) is 13.5. The van der Waals surface area contributed by atoms with E-state index in [1.54, 1.807) is 13.3 Å². The van der Waals surface area contributed by atoms with Crippen LogP contribution < -0.4 is 15.4 Å². The van der Waals surface area contributed by atoms with Crippen LogP contribution in [0.3, 0.4) is 0 Å². The average Bonchev–Trinajstić information content (AvgIpc) is 2.90. The number of benzene rings is 2. The third-order valence-corrected chi connectivity index (χ3v) is 7.68. The lowest BCUT2D eigenvalue weighted by atomic mass is 9.94. The van der Waals surface area contributed by atoms with Crippen molar-refractivity contribution < 1.29 is 23.7 Å². The van der Waals surface area contributed by atoms with Gasteiger partial charge in [0.25, 0.3) is 0 Å². The molecule has 2 aromatic carbocycles. The highest BCUT2D eigenvalue weighted by molar-refractivity contribution is 7.57. The first kappa shape index (κ1) is 35.5. The zero-order valence-electron chi connectivity index (χ0n) is 26.1. The fourth-order valence-corrected chi connectivity index (χ4v) is 5.14. The molecule has 0 fully saturated rings. The molecule has 0 aliphatic rings. The van der Waals surface area contributed by atoms with Crippen molar-refractivity contribution in [2.24, 2.45) is 4.99 Å². The number of rotatable bonds is 17. The van der Waals surface area contributed by atoms with Crippen LogP contribution in [0.5, 0.6) is 5.75 Å². The Bertz CT molecular complexity index is 1420. The predicted molar refractivity (Wildman–Crippen MR) is 178 cm³/mol. The number of nitrogens with zero attached hydrogens (tertiary/aromatic N) is 1. The van der Waals surface area contributed by atoms with Crippen LogP contribution in [0.1, 0.15) is 63.6 Å². The molecule has 0 bridgehead atoms. The first-order valence-electron chi connectivity index (χ1n) is 14.4. The second kappa shape index (κ2) is 16.2. The SMILES string of the molecule is C=C(Cc1cccc(N/C(=C/CC)N/C(O)=C/C(=N)C(C)(C)F)c1)c1cc(CCCCP(C)(=O)O)c(OC)cc1/N=C\C. The molecule has 2 aromatic rings. The molecule has 2 rings (SSSR count). The van der Waals surface area contributed by atoms with Crippen LogP contribution >= 0.6 is 7.37 Å². The van der Waals surface area contributed by atoms with Gasteiger partial charge in [0.2, 0.25) is 0 Å². The van der Waals surface area contributed by atoms with Gasteiger partial charge in [-0.25, -0.2) is 4.39 Å². The molecule has 234 valence electrons. The Morgan fingerprint density at radius 3 is 2.58 bits per heavy atom. The number of hydrogen-bond acceptors (Lipinski definition) is 7. The topological polar surface area (TPSA) is 127 Å². The van der Waals surface area contributed by atoms with E-state index in [2.05, 4.69) is 22.2 Å². The molecule has 0 saturated heterocycles. The van der Waals surface area contributed by atoms with E-state index in [1.807, 2.05) is 56.3 Å². The first-order chi connectivity index (χ1) is 20.2. The normalized spacial score (nSPS) is 14.0. The van der Waals surface area contributed by atoms with E-state index >= 15 is 0 Å². The Kier molecular flexibility index (Phi) is 13.4. The van der Waals surface area contributed by atoms with E-state index in [1.165, 1.54) is 20.5 Å². The lowest BCUT2D eigenvalue weighted by Crippen LogP contribution is -2.26. The Morgan fingerprint density at radius 1 is 1.26 bits per heavy atom. The molecule has 10 heteroatoms. The second-order valence-electron chi connectivity index (χ2n) is 11.0. The Labute approximate surface area is 255 Å². The fourth-order valence-electron chi connectivity index (χ4n) is 4.33. The molecule has 5 N–H and O–H groups in total. The van der Waals surface area contributed by atoms with E-state index < -0.39 is 13.0 Å². The average molecular weight is 613 g/mol. The van der Waals surface area contributed by atoms with Gasteiger partial charge in [0.05, 0.1) is 18.5 Å². The predicted octanol–water partition coefficient (Wildman–Crippen LogP) is 8.32. The molecule has 0 aromatic heterocycles. The molecule has 8 nitrogen and oxygen atoms in total. The largest absolute Gasteiger partial charge is 0.496 e. The molecular weight excluding hydrogens is 566 g/mol. The van der Waals surface area contributed by atoms with E-state index in [9.17, 15) is 19.0 Å². The zero-order chi connectivity index (χ0) is 32.2. The maximum Gasteiger partial charge on any atom is 0.197 e. The Hall–Kier alpha value is -3.68. The molecular formula is C33H46FN4O4P. The Morgan fingerprint density at radius 2 is 1.98 bits per heavy atom. The number of hydrogen-bond donors (Lipinski definition) is 5. The number of aliphatic imine (C=N–C) groups is 1. The van der Waals surface area contributed by atoms with Crippen molar-refractivity contribution in [3.05, 3.63) is 83.5 Å². The summed E-state index contributed by atoms with van der Waals surface area (Å²) in [5.41, 5.74) is 3.05. The van der Waals surface area contributed by atoms with Gasteiger partial charge in [0, 0.05) is 42.4 Å². The van der Waals surface area contributed by atoms with Crippen molar-refractivity contribution in [2.45, 2.75) is 65.5 Å². The number of ether oxygens (including phenoxy) is 1. The summed E-state index contributed by atoms with van der Waals surface area (Å²) in [6, 6.07) is 11.7. The monoisotopic (exact) mass is 612 g/mol. The van der Waals surface area contributed by atoms with Gasteiger partial charge in [0.1, 0.15) is 17.2 Å². The van der Waals surface area contributed by atoms with Gasteiger partial charge in [-0.1, -0.05) is 25.6 Å². The third kappa shape index (κ3) is 12.2. The van der Waals surface area contributed by atoms with Crippen molar-refractivity contribution in [2.75, 3.05) is 25.3 Å². The highest BCUT2D eigenvalue weighted by Crippen LogP contribution is 2.38. The highest BCUT2D eigenvalue weighted by Gasteiger charge is 2.21. The van der Waals surface area contributed by atoms with Crippen LogP contribution in [-0.4, -0.2) is 47.5 Å². The molecule has 0 spiro atoms. The van der Waals surface area contributed by atoms with Gasteiger partial charge < -0.3 is 30.8 Å². The van der Waals surface area contributed by atoms with E-state index in [0.717, 1.165) is 51.9 Å². The van der Waals surface area contributed by atoms with Crippen LogP contribution in [0.25, 0.3) is 5.57 Å². The lowest BCUT2D eigenvalue weighted by Gasteiger charge is -2.17. The first-order valence-corrected chi connectivity index (χ1v) is 16.6. The number of anilines is 1. The van der Waals surface area contributed by atoms with Crippen molar-refractivity contribution >= 4 is 36.2 Å². The summed E-state index contributed by atoms with van der Waals surface area (Å²) < 4.78 is 31.3. The van der Waals surface area contributed by atoms with Crippen LogP contribution in [0.4, 0.5) is 15.8 Å². The zero-order valence-corrected chi connectivity index (χ0v) is 27.0. The summed E-state index contributed by atoms with van der Waals surface area (Å²) in [6.07, 6.45) is 8.22. The Balaban J connectivity index is 2.26. The minimum Gasteiger partial charge on any atom is -0.496 e. The quantitative estimate of drug-likeness (QED) is 0.0529. The number of alkyl halides is 1. The molecule has 1 unspecified atom stereocenters. The third-order valence-electron chi connectivity index (χ3n) is 6.53. The van der Waals surface area contributed by atoms with Gasteiger partial charge in [0.15, 0.2) is 13.3 Å². The molecule has 0 saturated carbocycles. The van der Waals surface area contributed by atoms with E-state index in [0.29, 0.717) is 31.5 Å². The van der Waals surface area contributed by atoms with Crippen molar-refractivity contribution in [1.82, 2.24) is 5.32 Å². The van der Waals surface area contributed by atoms with Crippen molar-refractivity contribution in [3.8, 4) is 5.75 Å². The van der Waals surface area contributed by atoms with Gasteiger partial charge >= 0.3 is 0 Å². The molecule has 1 atom stereocenters. The number of aliphatic hydroxyl groups is 1. The van der Waals surface area contributed by atoms with E-state index in [4.69, 9.17) is 10.1 Å². The number of allylic oxidation sites excluding steroid dienone is 3. The summed E-state index contributed by atoms with van der Waals surface area (Å²) in [5.74, 6) is 0.876. The molecule has 43 heavy (non-hydrogen) atoms. The number of halogens is 1. The van der Waals surface area contributed by atoms with Crippen LogP contribution in [-0.2, 0) is 17.4 Å². The van der Waals surface area contributed by atoms with E-state index in [-0.39, 0.29) is 17.8 Å². The van der Waals surface area contributed by atoms with Gasteiger partial charge in [-0.15, -0.1) is 0 Å². The number of methoxy groups -OCH3 is 1. The number of aliphatic hydroxyl groups excluding tert-OH is 1.